The summed E-state index contributed by atoms with van der Waals surface area (Å²) >= 11 is 4.83. The van der Waals surface area contributed by atoms with E-state index in [0.717, 1.165) is 0 Å². The summed E-state index contributed by atoms with van der Waals surface area (Å²) in [5.74, 6) is -0.00794. The number of benzene rings is 1. The number of rotatable bonds is 7. The maximum atomic E-state index is 12.2. The average Bonchev–Trinajstić information content (AvgIpc) is 2.34. The van der Waals surface area contributed by atoms with E-state index >= 15 is 0 Å². The van der Waals surface area contributed by atoms with Gasteiger partial charge in [0.05, 0.1) is 16.2 Å². The Balaban J connectivity index is 2.71. The highest BCUT2D eigenvalue weighted by molar-refractivity contribution is 7.91. The normalized spacial score (nSPS) is 12.6. The van der Waals surface area contributed by atoms with Gasteiger partial charge in [-0.05, 0) is 33.0 Å². The molecule has 0 spiro atoms. The molecule has 0 aliphatic carbocycles. The molecule has 1 aromatic carbocycles. The van der Waals surface area contributed by atoms with Crippen LogP contribution in [0.25, 0.3) is 0 Å². The Bertz CT molecular complexity index is 590. The standard InChI is InChI=1S/C14H22N2O3S2/c1-14(2,17)10-16(3)8-9-21(18,19)12-6-4-11(5-7-12)13(15)20/h4-7,17H,8-10H2,1-3H3,(H2,15,20). The fourth-order valence-electron chi connectivity index (χ4n) is 1.96. The van der Waals surface area contributed by atoms with Crippen molar-refractivity contribution in [2.45, 2.75) is 24.3 Å². The van der Waals surface area contributed by atoms with Gasteiger partial charge in [-0.1, -0.05) is 24.4 Å². The van der Waals surface area contributed by atoms with Gasteiger partial charge in [-0.15, -0.1) is 0 Å². The van der Waals surface area contributed by atoms with Gasteiger partial charge in [0.2, 0.25) is 0 Å². The van der Waals surface area contributed by atoms with Crippen LogP contribution in [0, 0.1) is 0 Å². The summed E-state index contributed by atoms with van der Waals surface area (Å²) in [5, 5.41) is 9.70. The monoisotopic (exact) mass is 330 g/mol. The molecule has 0 atom stereocenters. The smallest absolute Gasteiger partial charge is 0.179 e. The number of hydrogen-bond acceptors (Lipinski definition) is 5. The zero-order valence-electron chi connectivity index (χ0n) is 12.5. The second kappa shape index (κ2) is 6.83. The van der Waals surface area contributed by atoms with Crippen molar-refractivity contribution in [2.24, 2.45) is 5.73 Å². The molecule has 0 aliphatic rings. The van der Waals surface area contributed by atoms with Crippen molar-refractivity contribution in [2.75, 3.05) is 25.9 Å². The Labute approximate surface area is 131 Å². The minimum absolute atomic E-state index is 0.00794. The number of sulfone groups is 1. The third-order valence-corrected chi connectivity index (χ3v) is 4.84. The highest BCUT2D eigenvalue weighted by atomic mass is 32.2. The lowest BCUT2D eigenvalue weighted by Gasteiger charge is -2.25. The van der Waals surface area contributed by atoms with E-state index in [0.29, 0.717) is 18.7 Å². The van der Waals surface area contributed by atoms with Crippen molar-refractivity contribution in [3.63, 3.8) is 0 Å². The lowest BCUT2D eigenvalue weighted by atomic mass is 10.1. The Morgan fingerprint density at radius 3 is 2.29 bits per heavy atom. The van der Waals surface area contributed by atoms with Crippen molar-refractivity contribution in [3.05, 3.63) is 29.8 Å². The Morgan fingerprint density at radius 1 is 1.33 bits per heavy atom. The number of hydrogen-bond donors (Lipinski definition) is 2. The van der Waals surface area contributed by atoms with Crippen molar-refractivity contribution in [1.82, 2.24) is 4.90 Å². The van der Waals surface area contributed by atoms with Gasteiger partial charge in [0.15, 0.2) is 9.84 Å². The second-order valence-corrected chi connectivity index (χ2v) is 8.31. The van der Waals surface area contributed by atoms with Crippen molar-refractivity contribution in [3.8, 4) is 0 Å². The van der Waals surface area contributed by atoms with E-state index in [1.54, 1.807) is 37.9 Å². The van der Waals surface area contributed by atoms with Crippen LogP contribution < -0.4 is 5.73 Å². The van der Waals surface area contributed by atoms with Crippen LogP contribution in [0.3, 0.4) is 0 Å². The predicted molar refractivity (Wildman–Crippen MR) is 88.2 cm³/mol. The Kier molecular flexibility index (Phi) is 5.86. The molecule has 118 valence electrons. The second-order valence-electron chi connectivity index (χ2n) is 5.76. The molecule has 0 aromatic heterocycles. The molecule has 7 heteroatoms. The molecule has 0 unspecified atom stereocenters. The van der Waals surface area contributed by atoms with Crippen LogP contribution in [0.4, 0.5) is 0 Å². The molecule has 0 saturated carbocycles. The molecule has 0 fully saturated rings. The first-order chi connectivity index (χ1) is 9.51. The van der Waals surface area contributed by atoms with E-state index in [-0.39, 0.29) is 15.6 Å². The number of aliphatic hydroxyl groups is 1. The number of likely N-dealkylation sites (N-methyl/N-ethyl adjacent to an activating group) is 1. The largest absolute Gasteiger partial charge is 0.389 e. The Hall–Kier alpha value is -1.02. The average molecular weight is 330 g/mol. The van der Waals surface area contributed by atoms with Gasteiger partial charge in [0.1, 0.15) is 4.99 Å². The fourth-order valence-corrected chi connectivity index (χ4v) is 3.43. The summed E-state index contributed by atoms with van der Waals surface area (Å²) in [6, 6.07) is 6.24. The van der Waals surface area contributed by atoms with Crippen LogP contribution in [0.15, 0.2) is 29.2 Å². The molecular weight excluding hydrogens is 308 g/mol. The predicted octanol–water partition coefficient (Wildman–Crippen LogP) is 0.797. The molecule has 0 aliphatic heterocycles. The molecule has 3 N–H and O–H groups in total. The first kappa shape index (κ1) is 18.0. The van der Waals surface area contributed by atoms with Crippen molar-refractivity contribution < 1.29 is 13.5 Å². The molecule has 5 nitrogen and oxygen atoms in total. The number of nitrogens with zero attached hydrogens (tertiary/aromatic N) is 1. The van der Waals surface area contributed by atoms with Crippen molar-refractivity contribution >= 4 is 27.0 Å². The Morgan fingerprint density at radius 2 is 1.86 bits per heavy atom. The molecule has 1 aromatic rings. The van der Waals surface area contributed by atoms with Gasteiger partial charge >= 0.3 is 0 Å². The maximum absolute atomic E-state index is 12.2. The van der Waals surface area contributed by atoms with Gasteiger partial charge in [0.25, 0.3) is 0 Å². The van der Waals surface area contributed by atoms with E-state index in [1.165, 1.54) is 12.1 Å². The summed E-state index contributed by atoms with van der Waals surface area (Å²) in [5.41, 5.74) is 5.27. The first-order valence-electron chi connectivity index (χ1n) is 6.55. The van der Waals surface area contributed by atoms with E-state index in [2.05, 4.69) is 0 Å². The summed E-state index contributed by atoms with van der Waals surface area (Å²) in [6.07, 6.45) is 0. The molecule has 21 heavy (non-hydrogen) atoms. The first-order valence-corrected chi connectivity index (χ1v) is 8.61. The summed E-state index contributed by atoms with van der Waals surface area (Å²) in [4.78, 5) is 2.28. The van der Waals surface area contributed by atoms with E-state index in [1.807, 2.05) is 0 Å². The van der Waals surface area contributed by atoms with Crippen LogP contribution >= 0.6 is 12.2 Å². The zero-order valence-corrected chi connectivity index (χ0v) is 14.2. The minimum Gasteiger partial charge on any atom is -0.389 e. The summed E-state index contributed by atoms with van der Waals surface area (Å²) < 4.78 is 24.5. The van der Waals surface area contributed by atoms with Gasteiger partial charge in [-0.2, -0.15) is 0 Å². The van der Waals surface area contributed by atoms with Crippen LogP contribution in [-0.4, -0.2) is 54.9 Å². The quantitative estimate of drug-likeness (QED) is 0.720. The molecule has 0 radical (unpaired) electrons. The molecule has 0 bridgehead atoms. The summed E-state index contributed by atoms with van der Waals surface area (Å²) in [6.45, 7) is 4.13. The zero-order chi connectivity index (χ0) is 16.3. The van der Waals surface area contributed by atoms with Crippen LogP contribution in [-0.2, 0) is 9.84 Å². The lowest BCUT2D eigenvalue weighted by Crippen LogP contribution is -2.38. The van der Waals surface area contributed by atoms with E-state index in [9.17, 15) is 13.5 Å². The molecule has 1 rings (SSSR count). The van der Waals surface area contributed by atoms with Gasteiger partial charge < -0.3 is 15.7 Å². The molecule has 0 heterocycles. The van der Waals surface area contributed by atoms with E-state index in [4.69, 9.17) is 18.0 Å². The maximum Gasteiger partial charge on any atom is 0.179 e. The van der Waals surface area contributed by atoms with Crippen LogP contribution in [0.1, 0.15) is 19.4 Å². The topological polar surface area (TPSA) is 83.6 Å². The van der Waals surface area contributed by atoms with Crippen LogP contribution in [0.2, 0.25) is 0 Å². The molecule has 0 amide bonds. The number of nitrogens with two attached hydrogens (primary N) is 1. The number of thiocarbonyl (C=S) groups is 1. The molecule has 0 saturated heterocycles. The molecular formula is C14H22N2O3S2. The summed E-state index contributed by atoms with van der Waals surface area (Å²) in [7, 11) is -1.58. The van der Waals surface area contributed by atoms with Gasteiger partial charge in [-0.25, -0.2) is 8.42 Å². The van der Waals surface area contributed by atoms with Crippen molar-refractivity contribution in [1.29, 1.82) is 0 Å². The fraction of sp³-hybridized carbons (Fsp3) is 0.500. The minimum atomic E-state index is -3.36. The third kappa shape index (κ3) is 6.09. The highest BCUT2D eigenvalue weighted by Gasteiger charge is 2.19. The van der Waals surface area contributed by atoms with Gasteiger partial charge in [0, 0.05) is 18.7 Å². The van der Waals surface area contributed by atoms with E-state index < -0.39 is 15.4 Å². The van der Waals surface area contributed by atoms with Gasteiger partial charge in [-0.3, -0.25) is 0 Å². The third-order valence-electron chi connectivity index (χ3n) is 2.90. The lowest BCUT2D eigenvalue weighted by molar-refractivity contribution is 0.0463. The van der Waals surface area contributed by atoms with Crippen LogP contribution in [0.5, 0.6) is 0 Å². The SMILES string of the molecule is CN(CCS(=O)(=O)c1ccc(C(N)=S)cc1)CC(C)(C)O. The highest BCUT2D eigenvalue weighted by Crippen LogP contribution is 2.13.